The van der Waals surface area contributed by atoms with Crippen LogP contribution in [0.15, 0.2) is 203 Å². The van der Waals surface area contributed by atoms with Gasteiger partial charge in [-0.05, 0) is 52.2 Å². The summed E-state index contributed by atoms with van der Waals surface area (Å²) in [6, 6.07) is 67.4. The lowest BCUT2D eigenvalue weighted by molar-refractivity contribution is 0.669. The highest BCUT2D eigenvalue weighted by Gasteiger charge is 2.23. The highest BCUT2D eigenvalue weighted by atomic mass is 16.3. The normalized spacial score (nSPS) is 11.9. The van der Waals surface area contributed by atoms with E-state index < -0.39 is 0 Å². The third-order valence-electron chi connectivity index (χ3n) is 12.1. The molecule has 4 aromatic heterocycles. The van der Waals surface area contributed by atoms with Crippen LogP contribution < -0.4 is 0 Å². The van der Waals surface area contributed by atoms with Crippen molar-refractivity contribution in [3.63, 3.8) is 0 Å². The minimum atomic E-state index is 0.532. The summed E-state index contributed by atoms with van der Waals surface area (Å²) in [5.74, 6) is 1.68. The maximum Gasteiger partial charge on any atom is 0.238 e. The summed E-state index contributed by atoms with van der Waals surface area (Å²) in [5.41, 5.74) is 11.5. The van der Waals surface area contributed by atoms with Crippen molar-refractivity contribution < 1.29 is 8.83 Å². The van der Waals surface area contributed by atoms with Gasteiger partial charge in [-0.1, -0.05) is 164 Å². The van der Waals surface area contributed by atoms with Crippen molar-refractivity contribution in [3.05, 3.63) is 194 Å². The highest BCUT2D eigenvalue weighted by molar-refractivity contribution is 6.23. The second kappa shape index (κ2) is 13.1. The first kappa shape index (κ1) is 33.6. The lowest BCUT2D eigenvalue weighted by Gasteiger charge is -2.13. The second-order valence-corrected chi connectivity index (χ2v) is 15.5. The fraction of sp³-hybridized carbons (Fsp3) is 0. The van der Waals surface area contributed by atoms with E-state index in [0.29, 0.717) is 17.6 Å². The quantitative estimate of drug-likeness (QED) is 0.174. The van der Waals surface area contributed by atoms with E-state index in [4.69, 9.17) is 23.8 Å². The Kier molecular flexibility index (Phi) is 7.21. The molecule has 0 spiro atoms. The van der Waals surface area contributed by atoms with Crippen LogP contribution in [0.5, 0.6) is 0 Å². The molecule has 0 unspecified atom stereocenters. The number of furan rings is 2. The number of fused-ring (bicyclic) bond motifs is 11. The first-order chi connectivity index (χ1) is 30.2. The van der Waals surface area contributed by atoms with E-state index in [9.17, 15) is 0 Å². The molecule has 6 nitrogen and oxygen atoms in total. The van der Waals surface area contributed by atoms with Crippen molar-refractivity contribution in [2.75, 3.05) is 0 Å². The van der Waals surface area contributed by atoms with Crippen LogP contribution in [0.4, 0.5) is 0 Å². The van der Waals surface area contributed by atoms with Crippen LogP contribution in [0.2, 0.25) is 0 Å². The van der Waals surface area contributed by atoms with Gasteiger partial charge in [0, 0.05) is 54.6 Å². The van der Waals surface area contributed by atoms with Gasteiger partial charge in [0.05, 0.1) is 11.0 Å². The number of para-hydroxylation sites is 4. The first-order valence-electron chi connectivity index (χ1n) is 20.4. The number of benzene rings is 9. The van der Waals surface area contributed by atoms with Gasteiger partial charge in [-0.2, -0.15) is 9.97 Å². The van der Waals surface area contributed by atoms with Crippen LogP contribution in [0, 0.1) is 0 Å². The molecule has 0 saturated carbocycles. The Labute approximate surface area is 348 Å². The van der Waals surface area contributed by atoms with Gasteiger partial charge in [-0.3, -0.25) is 4.57 Å². The molecule has 0 saturated heterocycles. The fourth-order valence-electron chi connectivity index (χ4n) is 9.26. The molecule has 0 atom stereocenters. The molecule has 284 valence electrons. The topological polar surface area (TPSA) is 69.9 Å². The van der Waals surface area contributed by atoms with Crippen molar-refractivity contribution in [2.45, 2.75) is 0 Å². The zero-order valence-corrected chi connectivity index (χ0v) is 32.6. The first-order valence-corrected chi connectivity index (χ1v) is 20.4. The van der Waals surface area contributed by atoms with Crippen LogP contribution in [-0.4, -0.2) is 19.5 Å². The molecule has 9 aromatic carbocycles. The largest absolute Gasteiger partial charge is 0.456 e. The Morgan fingerprint density at radius 1 is 0.361 bits per heavy atom. The molecule has 0 aliphatic rings. The van der Waals surface area contributed by atoms with E-state index in [2.05, 4.69) is 132 Å². The summed E-state index contributed by atoms with van der Waals surface area (Å²) >= 11 is 0. The van der Waals surface area contributed by atoms with Crippen molar-refractivity contribution >= 4 is 76.5 Å². The fourth-order valence-corrected chi connectivity index (χ4v) is 9.26. The molecular weight excluding hydrogens is 749 g/mol. The number of hydrogen-bond donors (Lipinski definition) is 0. The number of rotatable bonds is 5. The van der Waals surface area contributed by atoms with Gasteiger partial charge < -0.3 is 8.83 Å². The number of nitrogens with zero attached hydrogens (tertiary/aromatic N) is 4. The molecule has 13 aromatic rings. The van der Waals surface area contributed by atoms with E-state index in [0.717, 1.165) is 99.1 Å². The van der Waals surface area contributed by atoms with Crippen molar-refractivity contribution in [2.24, 2.45) is 0 Å². The van der Waals surface area contributed by atoms with Crippen LogP contribution in [0.25, 0.3) is 127 Å². The van der Waals surface area contributed by atoms with Crippen LogP contribution in [-0.2, 0) is 0 Å². The van der Waals surface area contributed by atoms with Crippen molar-refractivity contribution in [3.8, 4) is 51.0 Å². The minimum Gasteiger partial charge on any atom is -0.456 e. The van der Waals surface area contributed by atoms with E-state index >= 15 is 0 Å². The summed E-state index contributed by atoms with van der Waals surface area (Å²) in [5, 5.41) is 8.97. The maximum atomic E-state index is 6.43. The van der Waals surface area contributed by atoms with Gasteiger partial charge in [0.25, 0.3) is 0 Å². The third-order valence-corrected chi connectivity index (χ3v) is 12.1. The number of aromatic nitrogens is 4. The highest BCUT2D eigenvalue weighted by Crippen LogP contribution is 2.42. The smallest absolute Gasteiger partial charge is 0.238 e. The Morgan fingerprint density at radius 3 is 1.75 bits per heavy atom. The molecule has 0 aliphatic carbocycles. The Bertz CT molecular complexity index is 3880. The molecule has 0 aliphatic heterocycles. The molecule has 4 heterocycles. The van der Waals surface area contributed by atoms with Gasteiger partial charge in [0.1, 0.15) is 22.3 Å². The maximum absolute atomic E-state index is 6.43. The summed E-state index contributed by atoms with van der Waals surface area (Å²) in [6.45, 7) is 0. The van der Waals surface area contributed by atoms with Gasteiger partial charge in [0.15, 0.2) is 11.6 Å². The average Bonchev–Trinajstić information content (AvgIpc) is 4.01. The zero-order chi connectivity index (χ0) is 40.0. The molecule has 0 fully saturated rings. The Balaban J connectivity index is 1.05. The molecule has 6 heteroatoms. The predicted octanol–water partition coefficient (Wildman–Crippen LogP) is 14.6. The van der Waals surface area contributed by atoms with Crippen LogP contribution in [0.3, 0.4) is 0 Å². The van der Waals surface area contributed by atoms with E-state index in [1.807, 2.05) is 66.7 Å². The van der Waals surface area contributed by atoms with Crippen molar-refractivity contribution in [1.29, 1.82) is 0 Å². The summed E-state index contributed by atoms with van der Waals surface area (Å²) in [6.07, 6.45) is 0. The lowest BCUT2D eigenvalue weighted by Crippen LogP contribution is -2.07. The SMILES string of the molecule is c1ccc(-c2nc(-c3ccc4c(c3)oc3ccccc34)nc(-n3c4ccc5ccccc5c4c4cccc(-c5ccc(-c6cccc7c6oc6ccccc67)cc5)c43)n2)cc1. The summed E-state index contributed by atoms with van der Waals surface area (Å²) < 4.78 is 15.0. The molecule has 0 N–H and O–H groups in total. The number of hydrogen-bond acceptors (Lipinski definition) is 5. The molecule has 0 radical (unpaired) electrons. The van der Waals surface area contributed by atoms with Crippen molar-refractivity contribution in [1.82, 2.24) is 19.5 Å². The van der Waals surface area contributed by atoms with E-state index in [1.54, 1.807) is 0 Å². The molecule has 13 rings (SSSR count). The Hall–Kier alpha value is -8.35. The minimum absolute atomic E-state index is 0.532. The monoisotopic (exact) mass is 780 g/mol. The Morgan fingerprint density at radius 2 is 0.951 bits per heavy atom. The lowest BCUT2D eigenvalue weighted by atomic mass is 9.97. The third kappa shape index (κ3) is 5.19. The molecule has 0 amide bonds. The zero-order valence-electron chi connectivity index (χ0n) is 32.6. The second-order valence-electron chi connectivity index (χ2n) is 15.5. The average molecular weight is 781 g/mol. The van der Waals surface area contributed by atoms with Crippen LogP contribution in [0.1, 0.15) is 0 Å². The van der Waals surface area contributed by atoms with Gasteiger partial charge in [0.2, 0.25) is 5.95 Å². The van der Waals surface area contributed by atoms with E-state index in [-0.39, 0.29) is 0 Å². The summed E-state index contributed by atoms with van der Waals surface area (Å²) in [4.78, 5) is 15.8. The van der Waals surface area contributed by atoms with Gasteiger partial charge >= 0.3 is 0 Å². The van der Waals surface area contributed by atoms with Gasteiger partial charge in [-0.25, -0.2) is 4.98 Å². The molecule has 61 heavy (non-hydrogen) atoms. The van der Waals surface area contributed by atoms with E-state index in [1.165, 1.54) is 10.8 Å². The standard InChI is InChI=1S/C55H32N4O2/c1-2-13-36(14-3-1)53-56-54(37-28-30-43-41-16-6-8-22-47(41)60-49(43)32-37)58-55(57-53)59-46-31-29-33-12-4-5-15-38(33)50(46)45-21-10-18-39(51(45)59)34-24-26-35(27-25-34)40-19-11-20-44-42-17-7-9-23-48(42)61-52(40)44/h1-32H. The molecule has 0 bridgehead atoms. The van der Waals surface area contributed by atoms with Crippen LogP contribution >= 0.6 is 0 Å². The van der Waals surface area contributed by atoms with Gasteiger partial charge in [-0.15, -0.1) is 0 Å². The predicted molar refractivity (Wildman–Crippen MR) is 248 cm³/mol. The molecular formula is C55H32N4O2. The summed E-state index contributed by atoms with van der Waals surface area (Å²) in [7, 11) is 0.